The lowest BCUT2D eigenvalue weighted by Crippen LogP contribution is -2.29. The van der Waals surface area contributed by atoms with Gasteiger partial charge in [0.25, 0.3) is 0 Å². The van der Waals surface area contributed by atoms with E-state index in [9.17, 15) is 20.4 Å². The van der Waals surface area contributed by atoms with Gasteiger partial charge in [-0.2, -0.15) is 0 Å². The molecule has 4 N–H and O–H groups in total. The van der Waals surface area contributed by atoms with E-state index in [0.29, 0.717) is 22.3 Å². The highest BCUT2D eigenvalue weighted by Crippen LogP contribution is 2.54. The molecule has 0 atom stereocenters. The molecule has 0 aliphatic rings. The fourth-order valence-corrected chi connectivity index (χ4v) is 9.11. The highest BCUT2D eigenvalue weighted by Gasteiger charge is 2.41. The first kappa shape index (κ1) is 33.1. The minimum Gasteiger partial charge on any atom is -0.508 e. The Morgan fingerprint density at radius 2 is 0.500 bits per heavy atom. The van der Waals surface area contributed by atoms with Gasteiger partial charge in [0, 0.05) is 22.3 Å². The van der Waals surface area contributed by atoms with Gasteiger partial charge in [-0.15, -0.1) is 0 Å². The summed E-state index contributed by atoms with van der Waals surface area (Å²) in [6.07, 6.45) is 0. The van der Waals surface area contributed by atoms with E-state index >= 15 is 0 Å². The van der Waals surface area contributed by atoms with Crippen LogP contribution in [0.25, 0.3) is 43.1 Å². The van der Waals surface area contributed by atoms with E-state index in [1.807, 2.05) is 121 Å². The van der Waals surface area contributed by atoms with Crippen molar-refractivity contribution in [3.8, 4) is 23.0 Å². The van der Waals surface area contributed by atoms with Crippen LogP contribution >= 0.6 is 0 Å². The zero-order chi connectivity index (χ0) is 37.2. The van der Waals surface area contributed by atoms with Crippen LogP contribution in [-0.2, 0) is 10.8 Å². The molecule has 0 saturated heterocycles. The second kappa shape index (κ2) is 12.4. The van der Waals surface area contributed by atoms with Crippen LogP contribution in [-0.4, -0.2) is 20.4 Å². The van der Waals surface area contributed by atoms with Crippen LogP contribution in [0.3, 0.4) is 0 Å². The van der Waals surface area contributed by atoms with Gasteiger partial charge in [-0.25, -0.2) is 0 Å². The van der Waals surface area contributed by atoms with Crippen LogP contribution in [0.1, 0.15) is 47.2 Å². The van der Waals surface area contributed by atoms with Crippen LogP contribution < -0.4 is 0 Å². The predicted molar refractivity (Wildman–Crippen MR) is 220 cm³/mol. The van der Waals surface area contributed by atoms with E-state index < -0.39 is 10.8 Å². The monoisotopic (exact) mass is 702 g/mol. The Morgan fingerprint density at radius 1 is 0.278 bits per heavy atom. The van der Waals surface area contributed by atoms with Crippen LogP contribution in [0.15, 0.2) is 170 Å². The van der Waals surface area contributed by atoms with Crippen LogP contribution in [0.2, 0.25) is 0 Å². The van der Waals surface area contributed by atoms with E-state index in [0.717, 1.165) is 54.2 Å². The van der Waals surface area contributed by atoms with Gasteiger partial charge in [0.2, 0.25) is 0 Å². The van der Waals surface area contributed by atoms with Crippen LogP contribution in [0, 0.1) is 0 Å². The van der Waals surface area contributed by atoms with Gasteiger partial charge in [-0.1, -0.05) is 146 Å². The lowest BCUT2D eigenvalue weighted by molar-refractivity contribution is 0.443. The van der Waals surface area contributed by atoms with Crippen molar-refractivity contribution < 1.29 is 20.4 Å². The van der Waals surface area contributed by atoms with Crippen LogP contribution in [0.4, 0.5) is 0 Å². The molecule has 0 amide bonds. The SMILES string of the molecule is CC(c1ccc(C(C)(c2c(O)ccc3ccccc23)c2c(O)ccc3ccccc23)cc1)(c1c(O)ccc2ccccc12)c1c(O)ccc2ccccc12. The van der Waals surface area contributed by atoms with Crippen molar-refractivity contribution in [3.63, 3.8) is 0 Å². The number of rotatable bonds is 6. The smallest absolute Gasteiger partial charge is 0.120 e. The molecule has 0 fully saturated rings. The van der Waals surface area contributed by atoms with E-state index in [1.54, 1.807) is 24.3 Å². The van der Waals surface area contributed by atoms with Gasteiger partial charge in [0.15, 0.2) is 0 Å². The fourth-order valence-electron chi connectivity index (χ4n) is 9.11. The number of hydrogen-bond donors (Lipinski definition) is 4. The van der Waals surface area contributed by atoms with Crippen molar-refractivity contribution in [2.24, 2.45) is 0 Å². The molecule has 0 aromatic heterocycles. The van der Waals surface area contributed by atoms with Crippen molar-refractivity contribution >= 4 is 43.1 Å². The van der Waals surface area contributed by atoms with E-state index in [2.05, 4.69) is 38.1 Å². The van der Waals surface area contributed by atoms with Gasteiger partial charge >= 0.3 is 0 Å². The molecule has 0 unspecified atom stereocenters. The molecule has 0 heterocycles. The molecule has 0 aliphatic heterocycles. The molecule has 4 nitrogen and oxygen atoms in total. The molecule has 9 aromatic carbocycles. The summed E-state index contributed by atoms with van der Waals surface area (Å²) in [4.78, 5) is 0. The molecular weight excluding hydrogens is 665 g/mol. The van der Waals surface area contributed by atoms with Crippen molar-refractivity contribution in [2.75, 3.05) is 0 Å². The average Bonchev–Trinajstić information content (AvgIpc) is 3.20. The maximum Gasteiger partial charge on any atom is 0.120 e. The predicted octanol–water partition coefficient (Wildman–Crippen LogP) is 11.8. The Labute approximate surface area is 313 Å². The molecule has 0 spiro atoms. The quantitative estimate of drug-likeness (QED) is 0.130. The average molecular weight is 703 g/mol. The summed E-state index contributed by atoms with van der Waals surface area (Å²) in [6, 6.07) is 54.8. The Bertz CT molecular complexity index is 2540. The second-order valence-corrected chi connectivity index (χ2v) is 14.6. The summed E-state index contributed by atoms with van der Waals surface area (Å²) in [5.74, 6) is 0.496. The molecule has 0 saturated carbocycles. The first-order chi connectivity index (χ1) is 26.2. The molecule has 9 aromatic rings. The topological polar surface area (TPSA) is 80.9 Å². The minimum absolute atomic E-state index is 0.124. The lowest BCUT2D eigenvalue weighted by Gasteiger charge is -2.37. The highest BCUT2D eigenvalue weighted by molar-refractivity contribution is 5.97. The normalized spacial score (nSPS) is 12.2. The molecule has 0 bridgehead atoms. The highest BCUT2D eigenvalue weighted by atomic mass is 16.3. The standard InChI is InChI=1S/C50H38O4/c1-49(45-37-15-7-3-11-31(37)19-27-41(45)51,46-38-16-8-4-12-32(38)20-28-42(46)52)35-23-25-36(26-24-35)50(2,47-39-17-9-5-13-33(39)21-29-43(47)53)48-40-18-10-6-14-34(40)22-30-44(48)54/h3-30,51-54H,1-2H3. The van der Waals surface area contributed by atoms with Gasteiger partial charge in [0.1, 0.15) is 23.0 Å². The summed E-state index contributed by atoms with van der Waals surface area (Å²) in [5.41, 5.74) is 2.32. The van der Waals surface area contributed by atoms with Crippen molar-refractivity contribution in [2.45, 2.75) is 24.7 Å². The Balaban J connectivity index is 1.37. The summed E-state index contributed by atoms with van der Waals surface area (Å²) in [6.45, 7) is 4.13. The third kappa shape index (κ3) is 4.84. The second-order valence-electron chi connectivity index (χ2n) is 14.6. The van der Waals surface area contributed by atoms with E-state index in [1.165, 1.54) is 0 Å². The van der Waals surface area contributed by atoms with Gasteiger partial charge in [0.05, 0.1) is 10.8 Å². The van der Waals surface area contributed by atoms with Gasteiger partial charge in [-0.3, -0.25) is 0 Å². The minimum atomic E-state index is -1.05. The Kier molecular flexibility index (Phi) is 7.61. The molecular formula is C50H38O4. The zero-order valence-electron chi connectivity index (χ0n) is 30.0. The Morgan fingerprint density at radius 3 is 0.741 bits per heavy atom. The number of phenolic OH excluding ortho intramolecular Hbond substituents is 4. The number of hydrogen-bond acceptors (Lipinski definition) is 4. The summed E-state index contributed by atoms with van der Waals surface area (Å²) < 4.78 is 0. The Hall–Kier alpha value is -6.78. The molecule has 54 heavy (non-hydrogen) atoms. The molecule has 0 aliphatic carbocycles. The van der Waals surface area contributed by atoms with Crippen molar-refractivity contribution in [1.29, 1.82) is 0 Å². The lowest BCUT2D eigenvalue weighted by atomic mass is 9.65. The maximum atomic E-state index is 11.8. The molecule has 4 heteroatoms. The van der Waals surface area contributed by atoms with Gasteiger partial charge < -0.3 is 20.4 Å². The summed E-state index contributed by atoms with van der Waals surface area (Å²) in [5, 5.41) is 54.7. The zero-order valence-corrected chi connectivity index (χ0v) is 30.0. The molecule has 0 radical (unpaired) electrons. The first-order valence-electron chi connectivity index (χ1n) is 18.2. The first-order valence-corrected chi connectivity index (χ1v) is 18.2. The molecule has 262 valence electrons. The molecule has 9 rings (SSSR count). The van der Waals surface area contributed by atoms with Crippen molar-refractivity contribution in [3.05, 3.63) is 203 Å². The largest absolute Gasteiger partial charge is 0.508 e. The van der Waals surface area contributed by atoms with Crippen molar-refractivity contribution in [1.82, 2.24) is 0 Å². The van der Waals surface area contributed by atoms with E-state index in [-0.39, 0.29) is 23.0 Å². The number of benzene rings is 9. The van der Waals surface area contributed by atoms with Gasteiger partial charge in [-0.05, 0) is 92.3 Å². The fraction of sp³-hybridized carbons (Fsp3) is 0.0800. The maximum absolute atomic E-state index is 11.8. The van der Waals surface area contributed by atoms with Crippen LogP contribution in [0.5, 0.6) is 23.0 Å². The third-order valence-electron chi connectivity index (χ3n) is 11.7. The van der Waals surface area contributed by atoms with E-state index in [4.69, 9.17) is 0 Å². The number of aromatic hydroxyl groups is 4. The summed E-state index contributed by atoms with van der Waals surface area (Å²) >= 11 is 0. The number of phenols is 4. The number of fused-ring (bicyclic) bond motifs is 4. The summed E-state index contributed by atoms with van der Waals surface area (Å²) in [7, 11) is 0. The third-order valence-corrected chi connectivity index (χ3v) is 11.7.